The van der Waals surface area contributed by atoms with Crippen LogP contribution >= 0.6 is 0 Å². The van der Waals surface area contributed by atoms with Crippen LogP contribution in [0.5, 0.6) is 5.75 Å². The molecule has 0 atom stereocenters. The highest BCUT2D eigenvalue weighted by Crippen LogP contribution is 2.29. The van der Waals surface area contributed by atoms with Crippen LogP contribution in [0.3, 0.4) is 0 Å². The molecular weight excluding hydrogens is 402 g/mol. The Kier molecular flexibility index (Phi) is 5.11. The van der Waals surface area contributed by atoms with Crippen molar-refractivity contribution in [3.05, 3.63) is 89.6 Å². The number of fused-ring (bicyclic) bond motifs is 2. The minimum Gasteiger partial charge on any atom is -0.494 e. The summed E-state index contributed by atoms with van der Waals surface area (Å²) in [6.45, 7) is 3.20. The van der Waals surface area contributed by atoms with E-state index in [9.17, 15) is 9.59 Å². The molecule has 6 heteroatoms. The fourth-order valence-corrected chi connectivity index (χ4v) is 4.08. The molecule has 0 saturated carbocycles. The lowest BCUT2D eigenvalue weighted by Gasteiger charge is -2.17. The summed E-state index contributed by atoms with van der Waals surface area (Å²) >= 11 is 0. The number of H-pyrrole nitrogens is 1. The predicted molar refractivity (Wildman–Crippen MR) is 126 cm³/mol. The molecule has 1 aromatic heterocycles. The van der Waals surface area contributed by atoms with Crippen molar-refractivity contribution in [2.24, 2.45) is 0 Å². The number of aromatic nitrogens is 1. The third-order valence-electron chi connectivity index (χ3n) is 5.67. The minimum atomic E-state index is -0.244. The largest absolute Gasteiger partial charge is 0.494 e. The number of benzene rings is 3. The molecule has 0 spiro atoms. The van der Waals surface area contributed by atoms with Crippen LogP contribution in [0.25, 0.3) is 10.9 Å². The van der Waals surface area contributed by atoms with Crippen LogP contribution in [0.2, 0.25) is 0 Å². The second kappa shape index (κ2) is 8.23. The van der Waals surface area contributed by atoms with Crippen LogP contribution in [0.15, 0.2) is 72.8 Å². The monoisotopic (exact) mass is 425 g/mol. The number of amides is 2. The molecule has 0 saturated heterocycles. The van der Waals surface area contributed by atoms with Crippen LogP contribution < -0.4 is 15.0 Å². The van der Waals surface area contributed by atoms with E-state index in [4.69, 9.17) is 4.74 Å². The van der Waals surface area contributed by atoms with Crippen LogP contribution in [-0.2, 0) is 6.42 Å². The predicted octanol–water partition coefficient (Wildman–Crippen LogP) is 5.02. The highest BCUT2D eigenvalue weighted by Gasteiger charge is 2.25. The molecule has 1 aliphatic rings. The van der Waals surface area contributed by atoms with Crippen molar-refractivity contribution in [1.82, 2.24) is 4.98 Å². The minimum absolute atomic E-state index is 0.0338. The van der Waals surface area contributed by atoms with Crippen molar-refractivity contribution in [2.45, 2.75) is 13.3 Å². The van der Waals surface area contributed by atoms with Gasteiger partial charge in [0.15, 0.2) is 0 Å². The summed E-state index contributed by atoms with van der Waals surface area (Å²) in [5.74, 6) is 0.481. The number of rotatable bonds is 5. The Balaban J connectivity index is 1.29. The standard InChI is InChI=1S/C26H23N3O3/c1-2-32-21-12-9-19-15-23(28-22(19)16-21)25(30)27-20-10-7-18(8-11-20)26(31)29-14-13-17-5-3-4-6-24(17)29/h3-12,15-16,28H,2,13-14H2,1H3,(H,27,30). The van der Waals surface area contributed by atoms with E-state index in [1.807, 2.05) is 54.3 Å². The SMILES string of the molecule is CCOc1ccc2cc(C(=O)Nc3ccc(C(=O)N4CCc5ccccc54)cc3)[nH]c2c1. The quantitative estimate of drug-likeness (QED) is 0.471. The van der Waals surface area contributed by atoms with Crippen molar-refractivity contribution >= 4 is 34.1 Å². The van der Waals surface area contributed by atoms with E-state index in [0.717, 1.165) is 28.8 Å². The molecule has 0 radical (unpaired) electrons. The van der Waals surface area contributed by atoms with Crippen molar-refractivity contribution in [3.63, 3.8) is 0 Å². The van der Waals surface area contributed by atoms with Gasteiger partial charge in [0.25, 0.3) is 11.8 Å². The van der Waals surface area contributed by atoms with Gasteiger partial charge in [0.05, 0.1) is 6.61 Å². The lowest BCUT2D eigenvalue weighted by molar-refractivity contribution is 0.0988. The van der Waals surface area contributed by atoms with Crippen LogP contribution in [0.1, 0.15) is 33.3 Å². The molecule has 0 bridgehead atoms. The second-order valence-corrected chi connectivity index (χ2v) is 7.73. The molecule has 4 aromatic rings. The van der Waals surface area contributed by atoms with E-state index in [-0.39, 0.29) is 11.8 Å². The second-order valence-electron chi connectivity index (χ2n) is 7.73. The average Bonchev–Trinajstić information content (AvgIpc) is 3.43. The van der Waals surface area contributed by atoms with Gasteiger partial charge in [-0.3, -0.25) is 9.59 Å². The molecule has 160 valence electrons. The maximum atomic E-state index is 13.0. The van der Waals surface area contributed by atoms with E-state index >= 15 is 0 Å². The van der Waals surface area contributed by atoms with Gasteiger partial charge in [-0.1, -0.05) is 18.2 Å². The van der Waals surface area contributed by atoms with Crippen LogP contribution in [0.4, 0.5) is 11.4 Å². The number of para-hydroxylation sites is 1. The molecule has 3 aromatic carbocycles. The molecule has 2 N–H and O–H groups in total. The first kappa shape index (κ1) is 19.9. The Bertz CT molecular complexity index is 1310. The number of carbonyl (C=O) groups excluding carboxylic acids is 2. The van der Waals surface area contributed by atoms with E-state index in [2.05, 4.69) is 16.4 Å². The van der Waals surface area contributed by atoms with E-state index in [1.165, 1.54) is 5.56 Å². The fraction of sp³-hybridized carbons (Fsp3) is 0.154. The highest BCUT2D eigenvalue weighted by atomic mass is 16.5. The molecule has 1 aliphatic heterocycles. The molecule has 0 fully saturated rings. The first-order valence-electron chi connectivity index (χ1n) is 10.7. The first-order chi connectivity index (χ1) is 15.6. The van der Waals surface area contributed by atoms with E-state index in [0.29, 0.717) is 30.1 Å². The molecule has 0 unspecified atom stereocenters. The third-order valence-corrected chi connectivity index (χ3v) is 5.67. The van der Waals surface area contributed by atoms with Gasteiger partial charge in [-0.25, -0.2) is 0 Å². The van der Waals surface area contributed by atoms with Gasteiger partial charge in [0.2, 0.25) is 0 Å². The molecular formula is C26H23N3O3. The number of aromatic amines is 1. The summed E-state index contributed by atoms with van der Waals surface area (Å²) in [4.78, 5) is 30.6. The lowest BCUT2D eigenvalue weighted by Crippen LogP contribution is -2.28. The summed E-state index contributed by atoms with van der Waals surface area (Å²) in [7, 11) is 0. The maximum absolute atomic E-state index is 13.0. The Morgan fingerprint density at radius 1 is 1.03 bits per heavy atom. The Morgan fingerprint density at radius 3 is 2.66 bits per heavy atom. The first-order valence-corrected chi connectivity index (χ1v) is 10.7. The van der Waals surface area contributed by atoms with Gasteiger partial charge in [0.1, 0.15) is 11.4 Å². The van der Waals surface area contributed by atoms with Gasteiger partial charge in [-0.2, -0.15) is 0 Å². The van der Waals surface area contributed by atoms with Crippen LogP contribution in [-0.4, -0.2) is 29.9 Å². The third kappa shape index (κ3) is 3.71. The molecule has 32 heavy (non-hydrogen) atoms. The zero-order chi connectivity index (χ0) is 22.1. The van der Waals surface area contributed by atoms with E-state index in [1.54, 1.807) is 24.3 Å². The maximum Gasteiger partial charge on any atom is 0.272 e. The lowest BCUT2D eigenvalue weighted by atomic mass is 10.1. The zero-order valence-corrected chi connectivity index (χ0v) is 17.7. The van der Waals surface area contributed by atoms with Crippen molar-refractivity contribution < 1.29 is 14.3 Å². The van der Waals surface area contributed by atoms with Gasteiger partial charge in [-0.15, -0.1) is 0 Å². The summed E-state index contributed by atoms with van der Waals surface area (Å²) in [5.41, 5.74) is 4.68. The van der Waals surface area contributed by atoms with Crippen molar-refractivity contribution in [3.8, 4) is 5.75 Å². The smallest absolute Gasteiger partial charge is 0.272 e. The van der Waals surface area contributed by atoms with Gasteiger partial charge < -0.3 is 19.9 Å². The summed E-state index contributed by atoms with van der Waals surface area (Å²) in [5, 5.41) is 3.82. The zero-order valence-electron chi connectivity index (χ0n) is 17.7. The van der Waals surface area contributed by atoms with Gasteiger partial charge >= 0.3 is 0 Å². The topological polar surface area (TPSA) is 74.4 Å². The van der Waals surface area contributed by atoms with Gasteiger partial charge in [0, 0.05) is 40.5 Å². The molecule has 2 heterocycles. The molecule has 6 nitrogen and oxygen atoms in total. The highest BCUT2D eigenvalue weighted by molar-refractivity contribution is 6.08. The normalized spacial score (nSPS) is 12.6. The summed E-state index contributed by atoms with van der Waals surface area (Å²) in [6, 6.07) is 22.5. The molecule has 5 rings (SSSR count). The molecule has 2 amide bonds. The Labute approximate surface area is 185 Å². The number of ether oxygens (including phenoxy) is 1. The number of nitrogens with zero attached hydrogens (tertiary/aromatic N) is 1. The van der Waals surface area contributed by atoms with Crippen molar-refractivity contribution in [1.29, 1.82) is 0 Å². The van der Waals surface area contributed by atoms with E-state index < -0.39 is 0 Å². The number of carbonyl (C=O) groups is 2. The van der Waals surface area contributed by atoms with Gasteiger partial charge in [-0.05, 0) is 67.4 Å². The summed E-state index contributed by atoms with van der Waals surface area (Å²) in [6.07, 6.45) is 0.868. The fourth-order valence-electron chi connectivity index (χ4n) is 4.08. The van der Waals surface area contributed by atoms with Crippen molar-refractivity contribution in [2.75, 3.05) is 23.4 Å². The van der Waals surface area contributed by atoms with Crippen LogP contribution in [0, 0.1) is 0 Å². The number of anilines is 2. The Morgan fingerprint density at radius 2 is 1.84 bits per heavy atom. The average molecular weight is 425 g/mol. The summed E-state index contributed by atoms with van der Waals surface area (Å²) < 4.78 is 5.51. The number of hydrogen-bond acceptors (Lipinski definition) is 3. The number of nitrogens with one attached hydrogen (secondary N) is 2. The molecule has 0 aliphatic carbocycles. The Hall–Kier alpha value is -4.06. The number of hydrogen-bond donors (Lipinski definition) is 2.